The topological polar surface area (TPSA) is 60.2 Å². The zero-order chi connectivity index (χ0) is 13.4. The van der Waals surface area contributed by atoms with E-state index in [2.05, 4.69) is 15.9 Å². The Morgan fingerprint density at radius 3 is 2.24 bits per heavy atom. The summed E-state index contributed by atoms with van der Waals surface area (Å²) in [6.45, 7) is 3.69. The van der Waals surface area contributed by atoms with Crippen LogP contribution in [0.1, 0.15) is 19.4 Å². The van der Waals surface area contributed by atoms with Crippen molar-refractivity contribution in [3.63, 3.8) is 0 Å². The van der Waals surface area contributed by atoms with Crippen molar-refractivity contribution < 1.29 is 8.42 Å². The molecule has 0 saturated heterocycles. The van der Waals surface area contributed by atoms with E-state index in [1.807, 2.05) is 26.2 Å². The van der Waals surface area contributed by atoms with Crippen molar-refractivity contribution in [2.24, 2.45) is 5.73 Å². The molecule has 0 spiro atoms. The van der Waals surface area contributed by atoms with Crippen LogP contribution < -0.4 is 5.73 Å². The molecule has 0 amide bonds. The van der Waals surface area contributed by atoms with Gasteiger partial charge in [-0.15, -0.1) is 11.8 Å². The lowest BCUT2D eigenvalue weighted by Crippen LogP contribution is -2.29. The maximum Gasteiger partial charge on any atom is 0.176 e. The molecular weight excluding hydrogens is 322 g/mol. The van der Waals surface area contributed by atoms with Crippen LogP contribution in [0, 0.1) is 0 Å². The summed E-state index contributed by atoms with van der Waals surface area (Å²) in [7, 11) is -3.26. The van der Waals surface area contributed by atoms with Gasteiger partial charge >= 0.3 is 0 Å². The van der Waals surface area contributed by atoms with Crippen molar-refractivity contribution in [2.75, 3.05) is 12.5 Å². The van der Waals surface area contributed by atoms with E-state index in [9.17, 15) is 8.42 Å². The van der Waals surface area contributed by atoms with E-state index >= 15 is 0 Å². The number of rotatable bonds is 3. The third-order valence-electron chi connectivity index (χ3n) is 2.36. The Morgan fingerprint density at radius 1 is 1.35 bits per heavy atom. The first-order chi connectivity index (χ1) is 7.57. The van der Waals surface area contributed by atoms with Crippen molar-refractivity contribution in [1.82, 2.24) is 0 Å². The predicted octanol–water partition coefficient (Wildman–Crippen LogP) is 2.77. The van der Waals surface area contributed by atoms with E-state index in [1.165, 1.54) is 18.0 Å². The summed E-state index contributed by atoms with van der Waals surface area (Å²) >= 11 is 4.80. The number of hydrogen-bond acceptors (Lipinski definition) is 4. The number of halogens is 1. The molecule has 0 heterocycles. The van der Waals surface area contributed by atoms with Gasteiger partial charge in [0.25, 0.3) is 0 Å². The lowest BCUT2D eigenvalue weighted by atomic mass is 9.96. The number of thioether (sulfide) groups is 1. The maximum absolute atomic E-state index is 11.8. The van der Waals surface area contributed by atoms with E-state index in [0.717, 1.165) is 14.9 Å². The Morgan fingerprint density at radius 2 is 1.88 bits per heavy atom. The standard InChI is InChI=1S/C11H16BrNO2S2/c1-11(2,13)7-5-8(12)10(16-3)9(6-7)17(4,14)15/h5-6H,13H2,1-4H3. The van der Waals surface area contributed by atoms with E-state index in [4.69, 9.17) is 5.73 Å². The molecule has 0 fully saturated rings. The average Bonchev–Trinajstić information content (AvgIpc) is 2.13. The molecule has 0 bridgehead atoms. The molecule has 0 aliphatic rings. The Hall–Kier alpha value is -0.0400. The van der Waals surface area contributed by atoms with E-state index in [0.29, 0.717) is 4.90 Å². The third kappa shape index (κ3) is 3.47. The van der Waals surface area contributed by atoms with Crippen LogP contribution in [0.5, 0.6) is 0 Å². The molecule has 0 aliphatic heterocycles. The van der Waals surface area contributed by atoms with Crippen LogP contribution in [0.3, 0.4) is 0 Å². The maximum atomic E-state index is 11.8. The smallest absolute Gasteiger partial charge is 0.176 e. The summed E-state index contributed by atoms with van der Waals surface area (Å²) in [5, 5.41) is 0. The van der Waals surface area contributed by atoms with Gasteiger partial charge in [0.2, 0.25) is 0 Å². The molecule has 96 valence electrons. The van der Waals surface area contributed by atoms with Gasteiger partial charge in [-0.2, -0.15) is 0 Å². The SMILES string of the molecule is CSc1c(Br)cc(C(C)(C)N)cc1S(C)(=O)=O. The molecule has 0 saturated carbocycles. The third-order valence-corrected chi connectivity index (χ3v) is 5.34. The van der Waals surface area contributed by atoms with Gasteiger partial charge in [-0.3, -0.25) is 0 Å². The number of hydrogen-bond donors (Lipinski definition) is 1. The summed E-state index contributed by atoms with van der Waals surface area (Å²) in [6, 6.07) is 3.53. The normalized spacial score (nSPS) is 12.8. The Kier molecular flexibility index (Phi) is 4.34. The van der Waals surface area contributed by atoms with Crippen molar-refractivity contribution in [1.29, 1.82) is 0 Å². The first-order valence-corrected chi connectivity index (χ1v) is 8.85. The molecule has 0 aliphatic carbocycles. The van der Waals surface area contributed by atoms with Crippen LogP contribution >= 0.6 is 27.7 Å². The summed E-state index contributed by atoms with van der Waals surface area (Å²) in [4.78, 5) is 1.05. The Balaban J connectivity index is 3.63. The fourth-order valence-electron chi connectivity index (χ4n) is 1.41. The minimum absolute atomic E-state index is 0.327. The highest BCUT2D eigenvalue weighted by Gasteiger charge is 2.22. The largest absolute Gasteiger partial charge is 0.322 e. The van der Waals surface area contributed by atoms with Crippen LogP contribution in [0.15, 0.2) is 26.4 Å². The summed E-state index contributed by atoms with van der Waals surface area (Å²) < 4.78 is 24.3. The molecule has 2 N–H and O–H groups in total. The minimum atomic E-state index is -3.26. The second-order valence-electron chi connectivity index (χ2n) is 4.48. The monoisotopic (exact) mass is 337 g/mol. The van der Waals surface area contributed by atoms with Gasteiger partial charge < -0.3 is 5.73 Å². The van der Waals surface area contributed by atoms with Crippen molar-refractivity contribution in [3.05, 3.63) is 22.2 Å². The molecule has 17 heavy (non-hydrogen) atoms. The zero-order valence-electron chi connectivity index (χ0n) is 10.2. The molecule has 0 unspecified atom stereocenters. The lowest BCUT2D eigenvalue weighted by Gasteiger charge is -2.21. The van der Waals surface area contributed by atoms with Crippen LogP contribution in [0.2, 0.25) is 0 Å². The average molecular weight is 338 g/mol. The van der Waals surface area contributed by atoms with Gasteiger partial charge in [-0.05, 0) is 53.7 Å². The molecule has 1 rings (SSSR count). The molecule has 3 nitrogen and oxygen atoms in total. The van der Waals surface area contributed by atoms with Gasteiger partial charge in [-0.1, -0.05) is 0 Å². The minimum Gasteiger partial charge on any atom is -0.322 e. The highest BCUT2D eigenvalue weighted by molar-refractivity contribution is 9.10. The molecular formula is C11H16BrNO2S2. The first kappa shape index (κ1) is 15.0. The van der Waals surface area contributed by atoms with Gasteiger partial charge in [0.05, 0.1) is 4.90 Å². The first-order valence-electron chi connectivity index (χ1n) is 4.94. The van der Waals surface area contributed by atoms with E-state index in [1.54, 1.807) is 6.07 Å². The fourth-order valence-corrected chi connectivity index (χ4v) is 4.50. The number of nitrogens with two attached hydrogens (primary N) is 1. The lowest BCUT2D eigenvalue weighted by molar-refractivity contribution is 0.550. The molecule has 6 heteroatoms. The van der Waals surface area contributed by atoms with Gasteiger partial charge in [-0.25, -0.2) is 8.42 Å². The Labute approximate surface area is 115 Å². The van der Waals surface area contributed by atoms with Gasteiger partial charge in [0.15, 0.2) is 9.84 Å². The van der Waals surface area contributed by atoms with Crippen LogP contribution in [-0.2, 0) is 15.4 Å². The molecule has 0 atom stereocenters. The van der Waals surface area contributed by atoms with E-state index in [-0.39, 0.29) is 0 Å². The molecule has 0 aromatic heterocycles. The predicted molar refractivity (Wildman–Crippen MR) is 76.2 cm³/mol. The summed E-state index contributed by atoms with van der Waals surface area (Å²) in [5.41, 5.74) is 6.23. The number of sulfone groups is 1. The number of benzene rings is 1. The molecule has 1 aromatic rings. The second kappa shape index (κ2) is 4.91. The van der Waals surface area contributed by atoms with Crippen molar-refractivity contribution >= 4 is 37.5 Å². The highest BCUT2D eigenvalue weighted by atomic mass is 79.9. The van der Waals surface area contributed by atoms with Crippen LogP contribution in [0.4, 0.5) is 0 Å². The van der Waals surface area contributed by atoms with Crippen molar-refractivity contribution in [2.45, 2.75) is 29.2 Å². The van der Waals surface area contributed by atoms with Gasteiger partial charge in [0.1, 0.15) is 0 Å². The molecule has 1 aromatic carbocycles. The van der Waals surface area contributed by atoms with Crippen LogP contribution in [0.25, 0.3) is 0 Å². The van der Waals surface area contributed by atoms with Crippen molar-refractivity contribution in [3.8, 4) is 0 Å². The Bertz CT molecular complexity index is 533. The van der Waals surface area contributed by atoms with Gasteiger partial charge in [0, 0.05) is 21.2 Å². The molecule has 0 radical (unpaired) electrons. The summed E-state index contributed by atoms with van der Waals surface area (Å²) in [6.07, 6.45) is 3.06. The second-order valence-corrected chi connectivity index (χ2v) is 8.14. The van der Waals surface area contributed by atoms with Crippen LogP contribution in [-0.4, -0.2) is 20.9 Å². The zero-order valence-corrected chi connectivity index (χ0v) is 13.5. The highest BCUT2D eigenvalue weighted by Crippen LogP contribution is 2.35. The van der Waals surface area contributed by atoms with E-state index < -0.39 is 15.4 Å². The summed E-state index contributed by atoms with van der Waals surface area (Å²) in [5.74, 6) is 0. The fraction of sp³-hybridized carbons (Fsp3) is 0.455. The quantitative estimate of drug-likeness (QED) is 0.861.